The van der Waals surface area contributed by atoms with Crippen molar-refractivity contribution in [2.75, 3.05) is 0 Å². The van der Waals surface area contributed by atoms with Gasteiger partial charge in [-0.15, -0.1) is 0 Å². The summed E-state index contributed by atoms with van der Waals surface area (Å²) in [6.07, 6.45) is 4.61. The molecule has 12 atom stereocenters. The second-order valence-corrected chi connectivity index (χ2v) is 10.7. The molecule has 7 heteroatoms. The van der Waals surface area contributed by atoms with E-state index in [-0.39, 0.29) is 30.0 Å². The first-order valence-corrected chi connectivity index (χ1v) is 13.0. The van der Waals surface area contributed by atoms with Crippen molar-refractivity contribution >= 4 is 0 Å². The topological polar surface area (TPSA) is 131 Å². The van der Waals surface area contributed by atoms with Crippen molar-refractivity contribution in [3.05, 3.63) is 36.0 Å². The first-order chi connectivity index (χ1) is 16.3. The fourth-order valence-electron chi connectivity index (χ4n) is 4.75. The van der Waals surface area contributed by atoms with Crippen LogP contribution in [0.5, 0.6) is 0 Å². The highest BCUT2D eigenvalue weighted by molar-refractivity contribution is 5.13. The molecule has 6 N–H and O–H groups in total. The summed E-state index contributed by atoms with van der Waals surface area (Å²) in [5, 5.41) is 62.1. The van der Waals surface area contributed by atoms with E-state index in [9.17, 15) is 30.6 Å². The molecule has 0 aliphatic carbocycles. The lowest BCUT2D eigenvalue weighted by atomic mass is 9.80. The molecular weight excluding hydrogens is 448 g/mol. The van der Waals surface area contributed by atoms with Gasteiger partial charge < -0.3 is 35.4 Å². The Kier molecular flexibility index (Phi) is 13.9. The highest BCUT2D eigenvalue weighted by Crippen LogP contribution is 2.33. The third kappa shape index (κ3) is 10.1. The van der Waals surface area contributed by atoms with Crippen molar-refractivity contribution in [3.8, 4) is 0 Å². The smallest absolute Gasteiger partial charge is 0.0986 e. The Hall–Kier alpha value is -1.06. The van der Waals surface area contributed by atoms with Crippen molar-refractivity contribution in [2.45, 2.75) is 117 Å². The molecule has 1 aliphatic heterocycles. The zero-order chi connectivity index (χ0) is 26.9. The van der Waals surface area contributed by atoms with Crippen molar-refractivity contribution in [2.24, 2.45) is 23.7 Å². The molecule has 35 heavy (non-hydrogen) atoms. The molecular formula is C28H50O7. The summed E-state index contributed by atoms with van der Waals surface area (Å²) in [6.45, 7) is 12.9. The van der Waals surface area contributed by atoms with Gasteiger partial charge in [0.25, 0.3) is 0 Å². The Bertz CT molecular complexity index is 689. The molecule has 0 aromatic rings. The van der Waals surface area contributed by atoms with Crippen LogP contribution in [0.1, 0.15) is 67.7 Å². The molecule has 1 saturated heterocycles. The maximum atomic E-state index is 10.9. The number of aliphatic hydroxyl groups is 6. The summed E-state index contributed by atoms with van der Waals surface area (Å²) in [6, 6.07) is 0. The zero-order valence-corrected chi connectivity index (χ0v) is 22.5. The van der Waals surface area contributed by atoms with E-state index in [1.54, 1.807) is 19.9 Å². The van der Waals surface area contributed by atoms with Gasteiger partial charge in [-0.25, -0.2) is 0 Å². The second-order valence-electron chi connectivity index (χ2n) is 10.7. The number of ether oxygens (including phenoxy) is 1. The predicted molar refractivity (Wildman–Crippen MR) is 139 cm³/mol. The molecule has 0 radical (unpaired) electrons. The van der Waals surface area contributed by atoms with Gasteiger partial charge in [0.15, 0.2) is 0 Å². The number of hydrogen-bond donors (Lipinski definition) is 6. The van der Waals surface area contributed by atoms with Crippen LogP contribution in [0.4, 0.5) is 0 Å². The number of rotatable bonds is 13. The molecule has 0 aromatic carbocycles. The third-order valence-electron chi connectivity index (χ3n) is 7.44. The normalized spacial score (nSPS) is 31.2. The molecule has 0 unspecified atom stereocenters. The van der Waals surface area contributed by atoms with E-state index in [2.05, 4.69) is 0 Å². The van der Waals surface area contributed by atoms with Crippen LogP contribution in [0.3, 0.4) is 0 Å². The van der Waals surface area contributed by atoms with Crippen LogP contribution in [-0.4, -0.2) is 79.5 Å². The largest absolute Gasteiger partial charge is 0.393 e. The summed E-state index contributed by atoms with van der Waals surface area (Å²) in [4.78, 5) is 0. The van der Waals surface area contributed by atoms with Crippen LogP contribution in [0.2, 0.25) is 0 Å². The minimum absolute atomic E-state index is 0.0163. The van der Waals surface area contributed by atoms with Gasteiger partial charge in [0, 0.05) is 24.2 Å². The van der Waals surface area contributed by atoms with E-state index in [1.165, 1.54) is 6.08 Å². The average molecular weight is 499 g/mol. The van der Waals surface area contributed by atoms with Crippen LogP contribution in [0.15, 0.2) is 36.0 Å². The van der Waals surface area contributed by atoms with Crippen molar-refractivity contribution in [1.82, 2.24) is 0 Å². The minimum Gasteiger partial charge on any atom is -0.393 e. The molecule has 0 amide bonds. The second kappa shape index (κ2) is 15.3. The van der Waals surface area contributed by atoms with E-state index in [0.717, 1.165) is 5.57 Å². The van der Waals surface area contributed by atoms with Crippen LogP contribution in [-0.2, 0) is 4.74 Å². The number of aliphatic hydroxyl groups excluding tert-OH is 6. The third-order valence-corrected chi connectivity index (χ3v) is 7.44. The van der Waals surface area contributed by atoms with Crippen LogP contribution in [0.25, 0.3) is 0 Å². The molecule has 0 aromatic heterocycles. The first kappa shape index (κ1) is 32.0. The monoisotopic (exact) mass is 498 g/mol. The van der Waals surface area contributed by atoms with Crippen LogP contribution in [0, 0.1) is 23.7 Å². The Morgan fingerprint density at radius 2 is 1.66 bits per heavy atom. The molecule has 1 aliphatic rings. The number of hydrogen-bond acceptors (Lipinski definition) is 7. The van der Waals surface area contributed by atoms with E-state index in [4.69, 9.17) is 4.74 Å². The molecule has 1 heterocycles. The highest BCUT2D eigenvalue weighted by Gasteiger charge is 2.40. The molecule has 1 rings (SSSR count). The first-order valence-electron chi connectivity index (χ1n) is 13.0. The Balaban J connectivity index is 2.69. The molecule has 204 valence electrons. The fourth-order valence-corrected chi connectivity index (χ4v) is 4.75. The lowest BCUT2D eigenvalue weighted by Gasteiger charge is -2.42. The van der Waals surface area contributed by atoms with E-state index in [0.29, 0.717) is 19.3 Å². The molecule has 7 nitrogen and oxygen atoms in total. The Morgan fingerprint density at radius 1 is 1.03 bits per heavy atom. The van der Waals surface area contributed by atoms with Crippen LogP contribution >= 0.6 is 0 Å². The lowest BCUT2D eigenvalue weighted by molar-refractivity contribution is -0.154. The van der Waals surface area contributed by atoms with Gasteiger partial charge in [-0.05, 0) is 39.5 Å². The maximum Gasteiger partial charge on any atom is 0.0986 e. The fraction of sp³-hybridized carbons (Fsp3) is 0.786. The van der Waals surface area contributed by atoms with Crippen molar-refractivity contribution < 1.29 is 35.4 Å². The van der Waals surface area contributed by atoms with Gasteiger partial charge in [0.2, 0.25) is 0 Å². The lowest BCUT2D eigenvalue weighted by Crippen LogP contribution is -2.49. The molecule has 0 bridgehead atoms. The summed E-state index contributed by atoms with van der Waals surface area (Å²) in [5.41, 5.74) is 1.000. The minimum atomic E-state index is -1.18. The van der Waals surface area contributed by atoms with Gasteiger partial charge >= 0.3 is 0 Å². The van der Waals surface area contributed by atoms with Crippen LogP contribution < -0.4 is 0 Å². The summed E-state index contributed by atoms with van der Waals surface area (Å²) in [7, 11) is 0. The van der Waals surface area contributed by atoms with E-state index >= 15 is 0 Å². The van der Waals surface area contributed by atoms with Crippen molar-refractivity contribution in [1.29, 1.82) is 0 Å². The van der Waals surface area contributed by atoms with E-state index < -0.39 is 42.5 Å². The SMILES string of the molecule is C/C=C/[C@H]1O[C@@H]([C@@H](C)[C@H](O)[C@H](C)[C@@H](O)[C@@H](O)/C=C/C=C(\C)C[C@@H](C)[C@H](O)C[C@@H](C)O)C[C@@H](O)[C@@H]1C. The van der Waals surface area contributed by atoms with Gasteiger partial charge in [-0.3, -0.25) is 0 Å². The summed E-state index contributed by atoms with van der Waals surface area (Å²) in [5.74, 6) is -1.02. The Morgan fingerprint density at radius 3 is 2.23 bits per heavy atom. The predicted octanol–water partition coefficient (Wildman–Crippen LogP) is 2.73. The standard InChI is InChI=1S/C28H50O7/c1-8-10-25-19(5)24(32)15-26(35-25)20(6)27(33)21(7)28(34)22(30)12-9-11-16(2)13-17(3)23(31)14-18(4)29/h8-12,17-34H,13-15H2,1-7H3/b10-8+,12-9+,16-11+/t17-,18-,19+,20-,21+,22+,23-,24-,25-,26-,27+,28-/m1/s1. The number of allylic oxidation sites excluding steroid dienone is 4. The zero-order valence-electron chi connectivity index (χ0n) is 22.5. The van der Waals surface area contributed by atoms with Gasteiger partial charge in [0.1, 0.15) is 0 Å². The molecule has 1 fully saturated rings. The average Bonchev–Trinajstić information content (AvgIpc) is 2.79. The van der Waals surface area contributed by atoms with Gasteiger partial charge in [-0.2, -0.15) is 0 Å². The maximum absolute atomic E-state index is 10.9. The quantitative estimate of drug-likeness (QED) is 0.170. The molecule has 0 saturated carbocycles. The summed E-state index contributed by atoms with van der Waals surface area (Å²) < 4.78 is 6.14. The molecule has 0 spiro atoms. The Labute approximate surface area is 211 Å². The van der Waals surface area contributed by atoms with Crippen molar-refractivity contribution in [3.63, 3.8) is 0 Å². The van der Waals surface area contributed by atoms with Gasteiger partial charge in [0.05, 0.1) is 48.8 Å². The highest BCUT2D eigenvalue weighted by atomic mass is 16.5. The summed E-state index contributed by atoms with van der Waals surface area (Å²) >= 11 is 0. The van der Waals surface area contributed by atoms with Gasteiger partial charge in [-0.1, -0.05) is 63.6 Å². The van der Waals surface area contributed by atoms with E-state index in [1.807, 2.05) is 52.8 Å².